The predicted octanol–water partition coefficient (Wildman–Crippen LogP) is 1.37. The number of nitrogens with zero attached hydrogens (tertiary/aromatic N) is 1. The van der Waals surface area contributed by atoms with Crippen LogP contribution in [0.15, 0.2) is 12.3 Å². The van der Waals surface area contributed by atoms with Crippen LogP contribution in [0.3, 0.4) is 0 Å². The minimum Gasteiger partial charge on any atom is -0.460 e. The van der Waals surface area contributed by atoms with Gasteiger partial charge in [-0.05, 0) is 25.5 Å². The molecule has 1 aromatic rings. The highest BCUT2D eigenvalue weighted by Crippen LogP contribution is 2.19. The number of rotatable bonds is 2. The summed E-state index contributed by atoms with van der Waals surface area (Å²) >= 11 is 0. The molecule has 1 rings (SSSR count). The third kappa shape index (κ3) is 2.38. The largest absolute Gasteiger partial charge is 0.460 e. The third-order valence-corrected chi connectivity index (χ3v) is 1.54. The predicted molar refractivity (Wildman–Crippen MR) is 52.3 cm³/mol. The van der Waals surface area contributed by atoms with Crippen LogP contribution in [0.1, 0.15) is 12.5 Å². The summed E-state index contributed by atoms with van der Waals surface area (Å²) in [4.78, 5) is 4.02. The van der Waals surface area contributed by atoms with Gasteiger partial charge in [0.05, 0.1) is 5.69 Å². The number of pyridine rings is 1. The Balaban J connectivity index is 2.85. The van der Waals surface area contributed by atoms with Gasteiger partial charge in [-0.1, -0.05) is 5.92 Å². The molecule has 2 N–H and O–H groups in total. The number of hydrogen-bond acceptors (Lipinski definition) is 3. The van der Waals surface area contributed by atoms with Crippen LogP contribution in [-0.2, 0) is 0 Å². The fourth-order valence-electron chi connectivity index (χ4n) is 0.879. The van der Waals surface area contributed by atoms with E-state index in [2.05, 4.69) is 10.9 Å². The minimum atomic E-state index is -0.308. The van der Waals surface area contributed by atoms with Gasteiger partial charge < -0.3 is 10.5 Å². The molecule has 0 radical (unpaired) electrons. The van der Waals surface area contributed by atoms with Crippen LogP contribution >= 0.6 is 0 Å². The number of anilines is 1. The average molecular weight is 176 g/mol. The van der Waals surface area contributed by atoms with Gasteiger partial charge in [0.25, 0.3) is 0 Å². The lowest BCUT2D eigenvalue weighted by Gasteiger charge is -2.09. The first kappa shape index (κ1) is 9.40. The molecule has 0 aliphatic heterocycles. The molecule has 0 bridgehead atoms. The van der Waals surface area contributed by atoms with Crippen LogP contribution < -0.4 is 10.5 Å². The number of terminal acetylenes is 1. The van der Waals surface area contributed by atoms with Gasteiger partial charge >= 0.3 is 0 Å². The number of hydrogen-bond donors (Lipinski definition) is 1. The number of aromatic nitrogens is 1. The lowest BCUT2D eigenvalue weighted by molar-refractivity contribution is 0.269. The van der Waals surface area contributed by atoms with Gasteiger partial charge in [-0.15, -0.1) is 6.42 Å². The van der Waals surface area contributed by atoms with Gasteiger partial charge in [0, 0.05) is 6.20 Å². The average Bonchev–Trinajstić information content (AvgIpc) is 2.09. The molecule has 1 aromatic heterocycles. The van der Waals surface area contributed by atoms with E-state index in [4.69, 9.17) is 16.9 Å². The van der Waals surface area contributed by atoms with Crippen LogP contribution in [0.25, 0.3) is 0 Å². The summed E-state index contributed by atoms with van der Waals surface area (Å²) in [6.07, 6.45) is 6.54. The molecule has 0 fully saturated rings. The molecule has 3 nitrogen and oxygen atoms in total. The first-order chi connectivity index (χ1) is 6.13. The van der Waals surface area contributed by atoms with E-state index in [1.165, 1.54) is 0 Å². The van der Waals surface area contributed by atoms with Crippen LogP contribution in [0.4, 0.5) is 5.69 Å². The summed E-state index contributed by atoms with van der Waals surface area (Å²) in [6, 6.07) is 1.80. The summed E-state index contributed by atoms with van der Waals surface area (Å²) < 4.78 is 5.28. The summed E-state index contributed by atoms with van der Waals surface area (Å²) in [6.45, 7) is 3.68. The molecule has 0 aliphatic rings. The summed E-state index contributed by atoms with van der Waals surface area (Å²) in [5, 5.41) is 0. The van der Waals surface area contributed by atoms with E-state index in [-0.39, 0.29) is 6.10 Å². The SMILES string of the molecule is C#CC(C)Oc1ncc(C)cc1N. The fraction of sp³-hybridized carbons (Fsp3) is 0.300. The molecule has 1 heterocycles. The van der Waals surface area contributed by atoms with E-state index in [0.717, 1.165) is 5.56 Å². The Bertz CT molecular complexity index is 341. The quantitative estimate of drug-likeness (QED) is 0.692. The maximum atomic E-state index is 5.67. The molecular weight excluding hydrogens is 164 g/mol. The van der Waals surface area contributed by atoms with Crippen LogP contribution in [0.2, 0.25) is 0 Å². The molecule has 13 heavy (non-hydrogen) atoms. The van der Waals surface area contributed by atoms with E-state index in [9.17, 15) is 0 Å². The van der Waals surface area contributed by atoms with Crippen molar-refractivity contribution < 1.29 is 4.74 Å². The molecule has 68 valence electrons. The van der Waals surface area contributed by atoms with Gasteiger partial charge in [-0.2, -0.15) is 0 Å². The van der Waals surface area contributed by atoms with Gasteiger partial charge in [0.1, 0.15) is 0 Å². The Morgan fingerprint density at radius 2 is 2.38 bits per heavy atom. The van der Waals surface area contributed by atoms with Crippen LogP contribution in [0, 0.1) is 19.3 Å². The zero-order chi connectivity index (χ0) is 9.84. The van der Waals surface area contributed by atoms with Crippen molar-refractivity contribution in [2.24, 2.45) is 0 Å². The number of aryl methyl sites for hydroxylation is 1. The highest BCUT2D eigenvalue weighted by Gasteiger charge is 2.04. The minimum absolute atomic E-state index is 0.308. The second-order valence-corrected chi connectivity index (χ2v) is 2.83. The fourth-order valence-corrected chi connectivity index (χ4v) is 0.879. The Kier molecular flexibility index (Phi) is 2.76. The standard InChI is InChI=1S/C10H12N2O/c1-4-8(3)13-10-9(11)5-7(2)6-12-10/h1,5-6,8H,11H2,2-3H3. The van der Waals surface area contributed by atoms with Gasteiger partial charge in [-0.3, -0.25) is 0 Å². The molecular formula is C10H12N2O. The molecule has 0 aliphatic carbocycles. The zero-order valence-electron chi connectivity index (χ0n) is 7.74. The summed E-state index contributed by atoms with van der Waals surface area (Å²) in [5.41, 5.74) is 7.18. The molecule has 3 heteroatoms. The maximum absolute atomic E-state index is 5.67. The normalized spacial score (nSPS) is 11.8. The van der Waals surface area contributed by atoms with Crippen molar-refractivity contribution >= 4 is 5.69 Å². The maximum Gasteiger partial charge on any atom is 0.238 e. The monoisotopic (exact) mass is 176 g/mol. The smallest absolute Gasteiger partial charge is 0.238 e. The topological polar surface area (TPSA) is 48.1 Å². The third-order valence-electron chi connectivity index (χ3n) is 1.54. The Labute approximate surface area is 77.9 Å². The second kappa shape index (κ2) is 3.81. The lowest BCUT2D eigenvalue weighted by atomic mass is 10.3. The molecule has 0 saturated heterocycles. The highest BCUT2D eigenvalue weighted by molar-refractivity contribution is 5.49. The number of nitrogens with two attached hydrogens (primary N) is 1. The Hall–Kier alpha value is -1.69. The Morgan fingerprint density at radius 3 is 2.92 bits per heavy atom. The first-order valence-corrected chi connectivity index (χ1v) is 3.98. The van der Waals surface area contributed by atoms with E-state index in [0.29, 0.717) is 11.6 Å². The molecule has 1 atom stereocenters. The highest BCUT2D eigenvalue weighted by atomic mass is 16.5. The molecule has 1 unspecified atom stereocenters. The van der Waals surface area contributed by atoms with Crippen molar-refractivity contribution in [1.29, 1.82) is 0 Å². The van der Waals surface area contributed by atoms with Gasteiger partial charge in [-0.25, -0.2) is 4.98 Å². The zero-order valence-corrected chi connectivity index (χ0v) is 7.74. The van der Waals surface area contributed by atoms with Gasteiger partial charge in [0.15, 0.2) is 6.10 Å². The molecule has 0 aromatic carbocycles. The van der Waals surface area contributed by atoms with E-state index >= 15 is 0 Å². The van der Waals surface area contributed by atoms with Crippen molar-refractivity contribution in [3.05, 3.63) is 17.8 Å². The number of ether oxygens (including phenoxy) is 1. The van der Waals surface area contributed by atoms with Crippen LogP contribution in [0.5, 0.6) is 5.88 Å². The molecule has 0 spiro atoms. The van der Waals surface area contributed by atoms with Gasteiger partial charge in [0.2, 0.25) is 5.88 Å². The van der Waals surface area contributed by atoms with E-state index in [1.54, 1.807) is 19.2 Å². The van der Waals surface area contributed by atoms with E-state index in [1.807, 2.05) is 6.92 Å². The van der Waals surface area contributed by atoms with E-state index < -0.39 is 0 Å². The van der Waals surface area contributed by atoms with Crippen molar-refractivity contribution in [2.45, 2.75) is 20.0 Å². The number of nitrogen functional groups attached to an aromatic ring is 1. The Morgan fingerprint density at radius 1 is 1.69 bits per heavy atom. The summed E-state index contributed by atoms with van der Waals surface area (Å²) in [7, 11) is 0. The molecule has 0 saturated carbocycles. The molecule has 0 amide bonds. The van der Waals surface area contributed by atoms with Crippen molar-refractivity contribution in [3.8, 4) is 18.2 Å². The lowest BCUT2D eigenvalue weighted by Crippen LogP contribution is -2.10. The van der Waals surface area contributed by atoms with Crippen LogP contribution in [-0.4, -0.2) is 11.1 Å². The van der Waals surface area contributed by atoms with Crippen molar-refractivity contribution in [2.75, 3.05) is 5.73 Å². The summed E-state index contributed by atoms with van der Waals surface area (Å²) in [5.74, 6) is 2.84. The van der Waals surface area contributed by atoms with Crippen molar-refractivity contribution in [1.82, 2.24) is 4.98 Å². The van der Waals surface area contributed by atoms with Crippen molar-refractivity contribution in [3.63, 3.8) is 0 Å². The second-order valence-electron chi connectivity index (χ2n) is 2.83. The first-order valence-electron chi connectivity index (χ1n) is 3.98.